The first-order chi connectivity index (χ1) is 12.6. The number of aliphatic imine (C=N–C) groups is 1. The lowest BCUT2D eigenvalue weighted by Gasteiger charge is -2.02. The Labute approximate surface area is 159 Å². The third kappa shape index (κ3) is 3.39. The van der Waals surface area contributed by atoms with Gasteiger partial charge in [0.25, 0.3) is 0 Å². The molecule has 0 radical (unpaired) electrons. The van der Waals surface area contributed by atoms with Gasteiger partial charge in [0.05, 0.1) is 0 Å². The van der Waals surface area contributed by atoms with E-state index >= 15 is 0 Å². The van der Waals surface area contributed by atoms with E-state index in [2.05, 4.69) is 20.9 Å². The number of hydrogen-bond donors (Lipinski definition) is 0. The predicted octanol–water partition coefficient (Wildman–Crippen LogP) is 5.36. The van der Waals surface area contributed by atoms with Crippen LogP contribution in [0.15, 0.2) is 80.3 Å². The lowest BCUT2D eigenvalue weighted by molar-refractivity contribution is -0.115. The second kappa shape index (κ2) is 6.77. The first-order valence-electron chi connectivity index (χ1n) is 8.04. The van der Waals surface area contributed by atoms with Crippen molar-refractivity contribution < 1.29 is 13.9 Å². The molecule has 0 saturated heterocycles. The molecule has 2 heterocycles. The zero-order valence-corrected chi connectivity index (χ0v) is 15.5. The third-order valence-corrected chi connectivity index (χ3v) is 4.44. The molecule has 128 valence electrons. The number of halogens is 1. The summed E-state index contributed by atoms with van der Waals surface area (Å²) >= 11 is 3.41. The van der Waals surface area contributed by atoms with Gasteiger partial charge in [0, 0.05) is 21.7 Å². The van der Waals surface area contributed by atoms with Crippen LogP contribution >= 0.6 is 15.9 Å². The number of rotatable bonds is 3. The highest BCUT2D eigenvalue weighted by molar-refractivity contribution is 9.10. The largest absolute Gasteiger partial charge is 0.457 e. The minimum atomic E-state index is -0.414. The molecule has 2 aromatic carbocycles. The van der Waals surface area contributed by atoms with Crippen molar-refractivity contribution in [1.29, 1.82) is 0 Å². The van der Waals surface area contributed by atoms with Gasteiger partial charge in [-0.05, 0) is 43.3 Å². The molecule has 1 amide bonds. The van der Waals surface area contributed by atoms with E-state index in [-0.39, 0.29) is 5.76 Å². The summed E-state index contributed by atoms with van der Waals surface area (Å²) in [4.78, 5) is 16.1. The monoisotopic (exact) mass is 407 g/mol. The smallest absolute Gasteiger partial charge is 0.316 e. The maximum Gasteiger partial charge on any atom is 0.316 e. The molecule has 0 spiro atoms. The van der Waals surface area contributed by atoms with Crippen LogP contribution in [0.4, 0.5) is 0 Å². The second-order valence-corrected chi connectivity index (χ2v) is 6.83. The van der Waals surface area contributed by atoms with E-state index in [1.807, 2.05) is 61.5 Å². The van der Waals surface area contributed by atoms with Crippen LogP contribution in [-0.4, -0.2) is 11.8 Å². The van der Waals surface area contributed by atoms with E-state index in [1.54, 1.807) is 12.1 Å². The average Bonchev–Trinajstić information content (AvgIpc) is 3.23. The van der Waals surface area contributed by atoms with Crippen molar-refractivity contribution >= 4 is 33.8 Å². The molecule has 0 aliphatic carbocycles. The van der Waals surface area contributed by atoms with Crippen molar-refractivity contribution in [2.45, 2.75) is 6.92 Å². The van der Waals surface area contributed by atoms with Gasteiger partial charge in [0.1, 0.15) is 11.5 Å². The number of ether oxygens (including phenoxy) is 1. The molecule has 0 unspecified atom stereocenters. The Balaban J connectivity index is 1.56. The lowest BCUT2D eigenvalue weighted by atomic mass is 10.1. The van der Waals surface area contributed by atoms with Crippen LogP contribution in [0.1, 0.15) is 16.9 Å². The zero-order valence-electron chi connectivity index (χ0n) is 13.9. The molecular formula is C21H14BrNO3. The number of benzene rings is 2. The normalized spacial score (nSPS) is 15.2. The van der Waals surface area contributed by atoms with E-state index in [0.29, 0.717) is 11.7 Å². The molecule has 26 heavy (non-hydrogen) atoms. The van der Waals surface area contributed by atoms with Crippen LogP contribution in [0.25, 0.3) is 17.4 Å². The fraction of sp³-hybridized carbons (Fsp3) is 0.0476. The molecule has 4 nitrogen and oxygen atoms in total. The van der Waals surface area contributed by atoms with Crippen molar-refractivity contribution in [1.82, 2.24) is 0 Å². The highest BCUT2D eigenvalue weighted by atomic mass is 79.9. The minimum absolute atomic E-state index is 0.151. The van der Waals surface area contributed by atoms with Crippen molar-refractivity contribution in [3.63, 3.8) is 0 Å². The lowest BCUT2D eigenvalue weighted by Crippen LogP contribution is -2.00. The molecular weight excluding hydrogens is 394 g/mol. The Bertz CT molecular complexity index is 1050. The molecule has 0 fully saturated rings. The van der Waals surface area contributed by atoms with Gasteiger partial charge in [-0.1, -0.05) is 45.8 Å². The number of carbonyl (C=O) groups excluding carboxylic acids is 1. The summed E-state index contributed by atoms with van der Waals surface area (Å²) < 4.78 is 12.5. The summed E-state index contributed by atoms with van der Waals surface area (Å²) in [5.41, 5.74) is 2.80. The zero-order chi connectivity index (χ0) is 18.1. The van der Waals surface area contributed by atoms with Gasteiger partial charge in [-0.15, -0.1) is 0 Å². The van der Waals surface area contributed by atoms with Gasteiger partial charge in [-0.2, -0.15) is 4.99 Å². The number of carbonyl (C=O) groups is 1. The quantitative estimate of drug-likeness (QED) is 0.548. The van der Waals surface area contributed by atoms with Crippen LogP contribution in [0.2, 0.25) is 0 Å². The molecule has 0 N–H and O–H groups in total. The van der Waals surface area contributed by atoms with Crippen LogP contribution in [0.5, 0.6) is 0 Å². The van der Waals surface area contributed by atoms with E-state index in [4.69, 9.17) is 9.15 Å². The molecule has 0 bridgehead atoms. The fourth-order valence-corrected chi connectivity index (χ4v) is 2.90. The van der Waals surface area contributed by atoms with E-state index in [9.17, 15) is 4.79 Å². The molecule has 1 aliphatic rings. The van der Waals surface area contributed by atoms with Gasteiger partial charge in [-0.25, -0.2) is 0 Å². The standard InChI is InChI=1S/C21H14BrNO3/c1-13-3-2-4-15(11-13)21-23-20(24)19(26-21)12-17-9-10-18(25-17)14-5-7-16(22)8-6-14/h2-12H,1H3/b19-12-. The molecule has 4 rings (SSSR count). The summed E-state index contributed by atoms with van der Waals surface area (Å²) in [6, 6.07) is 19.1. The first kappa shape index (κ1) is 16.5. The van der Waals surface area contributed by atoms with Crippen LogP contribution in [-0.2, 0) is 9.53 Å². The van der Waals surface area contributed by atoms with Gasteiger partial charge < -0.3 is 9.15 Å². The van der Waals surface area contributed by atoms with Crippen molar-refractivity contribution in [3.8, 4) is 11.3 Å². The Hall–Kier alpha value is -2.92. The number of aryl methyl sites for hydroxylation is 1. The van der Waals surface area contributed by atoms with Crippen LogP contribution in [0.3, 0.4) is 0 Å². The summed E-state index contributed by atoms with van der Waals surface area (Å²) in [5.74, 6) is 1.30. The number of hydrogen-bond acceptors (Lipinski definition) is 3. The number of nitrogens with zero attached hydrogens (tertiary/aromatic N) is 1. The maximum atomic E-state index is 12.1. The average molecular weight is 408 g/mol. The first-order valence-corrected chi connectivity index (χ1v) is 8.83. The number of furan rings is 1. The molecule has 0 atom stereocenters. The van der Waals surface area contributed by atoms with Gasteiger partial charge in [0.15, 0.2) is 5.76 Å². The maximum absolute atomic E-state index is 12.1. The topological polar surface area (TPSA) is 51.8 Å². The molecule has 3 aromatic rings. The minimum Gasteiger partial charge on any atom is -0.457 e. The van der Waals surface area contributed by atoms with E-state index < -0.39 is 5.91 Å². The van der Waals surface area contributed by atoms with Gasteiger partial charge >= 0.3 is 5.91 Å². The van der Waals surface area contributed by atoms with Crippen LogP contribution in [0, 0.1) is 6.92 Å². The SMILES string of the molecule is Cc1cccc(C2=NC(=O)/C(=C/c3ccc(-c4ccc(Br)cc4)o3)O2)c1. The number of amides is 1. The third-order valence-electron chi connectivity index (χ3n) is 3.91. The van der Waals surface area contributed by atoms with Gasteiger partial charge in [0.2, 0.25) is 5.90 Å². The van der Waals surface area contributed by atoms with E-state index in [0.717, 1.165) is 26.9 Å². The molecule has 1 aromatic heterocycles. The predicted molar refractivity (Wildman–Crippen MR) is 104 cm³/mol. The van der Waals surface area contributed by atoms with Crippen molar-refractivity contribution in [2.24, 2.45) is 4.99 Å². The Kier molecular flexibility index (Phi) is 4.31. The Morgan fingerprint density at radius 1 is 1.00 bits per heavy atom. The van der Waals surface area contributed by atoms with Gasteiger partial charge in [-0.3, -0.25) is 4.79 Å². The Morgan fingerprint density at radius 2 is 1.81 bits per heavy atom. The Morgan fingerprint density at radius 3 is 2.58 bits per heavy atom. The van der Waals surface area contributed by atoms with Crippen molar-refractivity contribution in [3.05, 3.63) is 87.8 Å². The second-order valence-electron chi connectivity index (χ2n) is 5.91. The van der Waals surface area contributed by atoms with Crippen molar-refractivity contribution in [2.75, 3.05) is 0 Å². The summed E-state index contributed by atoms with van der Waals surface area (Å²) in [6.45, 7) is 1.98. The van der Waals surface area contributed by atoms with E-state index in [1.165, 1.54) is 0 Å². The highest BCUT2D eigenvalue weighted by Gasteiger charge is 2.24. The fourth-order valence-electron chi connectivity index (χ4n) is 2.64. The van der Waals surface area contributed by atoms with Crippen LogP contribution < -0.4 is 0 Å². The summed E-state index contributed by atoms with van der Waals surface area (Å²) in [5, 5.41) is 0. The highest BCUT2D eigenvalue weighted by Crippen LogP contribution is 2.26. The molecule has 5 heteroatoms. The summed E-state index contributed by atoms with van der Waals surface area (Å²) in [7, 11) is 0. The summed E-state index contributed by atoms with van der Waals surface area (Å²) in [6.07, 6.45) is 1.57. The molecule has 0 saturated carbocycles. The molecule has 1 aliphatic heterocycles.